The molecule has 0 bridgehead atoms. The average Bonchev–Trinajstić information content (AvgIpc) is 3.21. The minimum atomic E-state index is -0.222. The molecular formula is C14H14FN3. The van der Waals surface area contributed by atoms with Crippen LogP contribution in [0.5, 0.6) is 0 Å². The van der Waals surface area contributed by atoms with Crippen LogP contribution in [0.1, 0.15) is 18.4 Å². The molecule has 0 amide bonds. The van der Waals surface area contributed by atoms with Gasteiger partial charge in [0.2, 0.25) is 0 Å². The van der Waals surface area contributed by atoms with Gasteiger partial charge in [-0.3, -0.25) is 0 Å². The van der Waals surface area contributed by atoms with Gasteiger partial charge in [0, 0.05) is 36.1 Å². The second kappa shape index (κ2) is 4.82. The normalized spacial score (nSPS) is 14.7. The van der Waals surface area contributed by atoms with Crippen molar-refractivity contribution in [1.82, 2.24) is 15.3 Å². The number of rotatable bonds is 4. The summed E-state index contributed by atoms with van der Waals surface area (Å²) in [7, 11) is 0. The monoisotopic (exact) mass is 243 g/mol. The molecule has 4 heteroatoms. The molecule has 1 aliphatic rings. The van der Waals surface area contributed by atoms with Crippen molar-refractivity contribution in [2.45, 2.75) is 25.4 Å². The van der Waals surface area contributed by atoms with E-state index in [4.69, 9.17) is 0 Å². The topological polar surface area (TPSA) is 37.8 Å². The van der Waals surface area contributed by atoms with Gasteiger partial charge in [-0.25, -0.2) is 14.4 Å². The molecule has 92 valence electrons. The van der Waals surface area contributed by atoms with E-state index in [1.807, 2.05) is 6.07 Å². The molecule has 0 aliphatic heterocycles. The molecule has 1 aromatic carbocycles. The van der Waals surface area contributed by atoms with E-state index in [1.165, 1.54) is 19.2 Å². The minimum absolute atomic E-state index is 0.222. The van der Waals surface area contributed by atoms with E-state index in [9.17, 15) is 4.39 Å². The van der Waals surface area contributed by atoms with Crippen molar-refractivity contribution >= 4 is 0 Å². The van der Waals surface area contributed by atoms with Crippen LogP contribution in [0, 0.1) is 5.82 Å². The maximum atomic E-state index is 14.0. The largest absolute Gasteiger partial charge is 0.310 e. The molecular weight excluding hydrogens is 229 g/mol. The molecule has 18 heavy (non-hydrogen) atoms. The Morgan fingerprint density at radius 1 is 1.22 bits per heavy atom. The Labute approximate surface area is 105 Å². The Kier molecular flexibility index (Phi) is 3.02. The van der Waals surface area contributed by atoms with E-state index in [2.05, 4.69) is 15.3 Å². The summed E-state index contributed by atoms with van der Waals surface area (Å²) in [5, 5.41) is 3.37. The highest BCUT2D eigenvalue weighted by molar-refractivity contribution is 5.62. The van der Waals surface area contributed by atoms with Crippen LogP contribution in [0.4, 0.5) is 4.39 Å². The van der Waals surface area contributed by atoms with Crippen LogP contribution in [0.2, 0.25) is 0 Å². The standard InChI is InChI=1S/C14H14FN3/c15-14-5-10(6-18-12-2-3-12)1-4-13(14)11-7-16-9-17-8-11/h1,4-5,7-9,12,18H,2-3,6H2. The highest BCUT2D eigenvalue weighted by atomic mass is 19.1. The molecule has 1 aromatic heterocycles. The van der Waals surface area contributed by atoms with Gasteiger partial charge < -0.3 is 5.32 Å². The van der Waals surface area contributed by atoms with Crippen molar-refractivity contribution in [3.05, 3.63) is 48.3 Å². The molecule has 0 saturated heterocycles. The summed E-state index contributed by atoms with van der Waals surface area (Å²) in [6, 6.07) is 5.95. The molecule has 1 fully saturated rings. The van der Waals surface area contributed by atoms with Crippen molar-refractivity contribution in [2.75, 3.05) is 0 Å². The maximum absolute atomic E-state index is 14.0. The third kappa shape index (κ3) is 2.54. The maximum Gasteiger partial charge on any atom is 0.131 e. The predicted octanol–water partition coefficient (Wildman–Crippen LogP) is 2.53. The summed E-state index contributed by atoms with van der Waals surface area (Å²) >= 11 is 0. The zero-order valence-corrected chi connectivity index (χ0v) is 9.94. The fourth-order valence-electron chi connectivity index (χ4n) is 1.89. The van der Waals surface area contributed by atoms with Crippen LogP contribution < -0.4 is 5.32 Å². The first kappa shape index (κ1) is 11.3. The molecule has 3 rings (SSSR count). The van der Waals surface area contributed by atoms with Crippen LogP contribution >= 0.6 is 0 Å². The Balaban J connectivity index is 1.80. The van der Waals surface area contributed by atoms with Gasteiger partial charge in [-0.1, -0.05) is 12.1 Å². The molecule has 1 aliphatic carbocycles. The molecule has 0 unspecified atom stereocenters. The van der Waals surface area contributed by atoms with Crippen molar-refractivity contribution < 1.29 is 4.39 Å². The molecule has 0 atom stereocenters. The Morgan fingerprint density at radius 2 is 2.00 bits per heavy atom. The van der Waals surface area contributed by atoms with Gasteiger partial charge in [-0.05, 0) is 24.5 Å². The lowest BCUT2D eigenvalue weighted by Gasteiger charge is -2.06. The first-order chi connectivity index (χ1) is 8.83. The molecule has 0 spiro atoms. The van der Waals surface area contributed by atoms with Crippen molar-refractivity contribution in [1.29, 1.82) is 0 Å². The third-order valence-electron chi connectivity index (χ3n) is 3.08. The minimum Gasteiger partial charge on any atom is -0.310 e. The highest BCUT2D eigenvalue weighted by Crippen LogP contribution is 2.23. The fraction of sp³-hybridized carbons (Fsp3) is 0.286. The number of nitrogens with one attached hydrogen (secondary N) is 1. The summed E-state index contributed by atoms with van der Waals surface area (Å²) in [4.78, 5) is 7.80. The van der Waals surface area contributed by atoms with Crippen LogP contribution in [0.15, 0.2) is 36.9 Å². The van der Waals surface area contributed by atoms with Crippen molar-refractivity contribution in [2.24, 2.45) is 0 Å². The van der Waals surface area contributed by atoms with Gasteiger partial charge in [0.25, 0.3) is 0 Å². The Bertz CT molecular complexity index is 538. The number of aromatic nitrogens is 2. The van der Waals surface area contributed by atoms with E-state index < -0.39 is 0 Å². The average molecular weight is 243 g/mol. The smallest absolute Gasteiger partial charge is 0.131 e. The predicted molar refractivity (Wildman–Crippen MR) is 67.3 cm³/mol. The number of hydrogen-bond acceptors (Lipinski definition) is 3. The van der Waals surface area contributed by atoms with Crippen molar-refractivity contribution in [3.8, 4) is 11.1 Å². The highest BCUT2D eigenvalue weighted by Gasteiger charge is 2.20. The quantitative estimate of drug-likeness (QED) is 0.896. The van der Waals surface area contributed by atoms with E-state index in [1.54, 1.807) is 24.5 Å². The van der Waals surface area contributed by atoms with E-state index >= 15 is 0 Å². The zero-order chi connectivity index (χ0) is 12.4. The molecule has 1 N–H and O–H groups in total. The number of nitrogens with zero attached hydrogens (tertiary/aromatic N) is 2. The van der Waals surface area contributed by atoms with Gasteiger partial charge in [0.1, 0.15) is 12.1 Å². The molecule has 3 nitrogen and oxygen atoms in total. The summed E-state index contributed by atoms with van der Waals surface area (Å²) < 4.78 is 14.0. The number of halogens is 1. The second-order valence-electron chi connectivity index (χ2n) is 4.60. The lowest BCUT2D eigenvalue weighted by molar-refractivity contribution is 0.622. The van der Waals surface area contributed by atoms with E-state index in [0.717, 1.165) is 12.1 Å². The zero-order valence-electron chi connectivity index (χ0n) is 9.94. The number of benzene rings is 1. The van der Waals surface area contributed by atoms with Crippen LogP contribution in [-0.2, 0) is 6.54 Å². The van der Waals surface area contributed by atoms with Crippen LogP contribution in [0.3, 0.4) is 0 Å². The first-order valence-corrected chi connectivity index (χ1v) is 6.10. The number of hydrogen-bond donors (Lipinski definition) is 1. The SMILES string of the molecule is Fc1cc(CNC2CC2)ccc1-c1cncnc1. The second-order valence-corrected chi connectivity index (χ2v) is 4.60. The van der Waals surface area contributed by atoms with Crippen LogP contribution in [0.25, 0.3) is 11.1 Å². The Hall–Kier alpha value is -1.81. The van der Waals surface area contributed by atoms with Crippen molar-refractivity contribution in [3.63, 3.8) is 0 Å². The molecule has 0 radical (unpaired) electrons. The van der Waals surface area contributed by atoms with Gasteiger partial charge in [0.05, 0.1) is 0 Å². The van der Waals surface area contributed by atoms with Crippen LogP contribution in [-0.4, -0.2) is 16.0 Å². The molecule has 1 saturated carbocycles. The molecule has 2 aromatic rings. The fourth-order valence-corrected chi connectivity index (χ4v) is 1.89. The van der Waals surface area contributed by atoms with E-state index in [0.29, 0.717) is 17.2 Å². The van der Waals surface area contributed by atoms with Gasteiger partial charge in [0.15, 0.2) is 0 Å². The third-order valence-corrected chi connectivity index (χ3v) is 3.08. The van der Waals surface area contributed by atoms with E-state index in [-0.39, 0.29) is 5.82 Å². The molecule has 1 heterocycles. The first-order valence-electron chi connectivity index (χ1n) is 6.10. The summed E-state index contributed by atoms with van der Waals surface area (Å²) in [5.74, 6) is -0.222. The summed E-state index contributed by atoms with van der Waals surface area (Å²) in [6.45, 7) is 0.729. The summed E-state index contributed by atoms with van der Waals surface area (Å²) in [6.07, 6.45) is 7.15. The lowest BCUT2D eigenvalue weighted by Crippen LogP contribution is -2.15. The van der Waals surface area contributed by atoms with Gasteiger partial charge in [-0.2, -0.15) is 0 Å². The van der Waals surface area contributed by atoms with Gasteiger partial charge in [-0.15, -0.1) is 0 Å². The Morgan fingerprint density at radius 3 is 2.67 bits per heavy atom. The lowest BCUT2D eigenvalue weighted by atomic mass is 10.1. The summed E-state index contributed by atoms with van der Waals surface area (Å²) in [5.41, 5.74) is 2.22. The van der Waals surface area contributed by atoms with Gasteiger partial charge >= 0.3 is 0 Å².